The van der Waals surface area contributed by atoms with E-state index >= 15 is 0 Å². The highest BCUT2D eigenvalue weighted by Crippen LogP contribution is 2.47. The molecule has 0 saturated carbocycles. The highest BCUT2D eigenvalue weighted by atomic mass is 15.0. The largest absolute Gasteiger partial charge is 0.309 e. The number of aromatic nitrogens is 1. The van der Waals surface area contributed by atoms with Gasteiger partial charge in [0.1, 0.15) is 0 Å². The van der Waals surface area contributed by atoms with Crippen molar-refractivity contribution >= 4 is 81.4 Å². The SMILES string of the molecule is [C-]#[N+]c1ccc2c3c1ccc1cc(-c4cc5c6ccccc6c(-c6cccc7ccccc67)cc5c5ccccc45)cc(c13)n2-c1ccccc1. The number of benzene rings is 10. The molecular weight excluding hydrogens is 617 g/mol. The molecule has 0 unspecified atom stereocenters. The average Bonchev–Trinajstić information content (AvgIpc) is 3.54. The topological polar surface area (TPSA) is 9.29 Å². The molecule has 51 heavy (non-hydrogen) atoms. The van der Waals surface area contributed by atoms with Crippen molar-refractivity contribution in [1.29, 1.82) is 0 Å². The first-order valence-corrected chi connectivity index (χ1v) is 17.4. The normalized spacial score (nSPS) is 11.9. The van der Waals surface area contributed by atoms with Crippen molar-refractivity contribution < 1.29 is 0 Å². The minimum atomic E-state index is 0.691. The molecule has 0 aliphatic carbocycles. The second kappa shape index (κ2) is 10.5. The molecule has 1 heterocycles. The quantitative estimate of drug-likeness (QED) is 0.134. The summed E-state index contributed by atoms with van der Waals surface area (Å²) in [4.78, 5) is 3.89. The third kappa shape index (κ3) is 3.92. The van der Waals surface area contributed by atoms with Gasteiger partial charge in [0.05, 0.1) is 17.6 Å². The maximum atomic E-state index is 7.89. The van der Waals surface area contributed by atoms with E-state index in [0.717, 1.165) is 27.5 Å². The molecule has 0 fully saturated rings. The molecule has 234 valence electrons. The Kier molecular flexibility index (Phi) is 5.77. The molecule has 0 saturated heterocycles. The second-order valence-electron chi connectivity index (χ2n) is 13.5. The van der Waals surface area contributed by atoms with Gasteiger partial charge in [0.15, 0.2) is 5.69 Å². The monoisotopic (exact) mass is 644 g/mol. The van der Waals surface area contributed by atoms with E-state index in [4.69, 9.17) is 6.57 Å². The third-order valence-corrected chi connectivity index (χ3v) is 10.9. The van der Waals surface area contributed by atoms with Gasteiger partial charge in [0.25, 0.3) is 0 Å². The molecule has 0 bridgehead atoms. The molecule has 0 radical (unpaired) electrons. The molecule has 0 atom stereocenters. The Morgan fingerprint density at radius 1 is 0.373 bits per heavy atom. The maximum absolute atomic E-state index is 7.89. The van der Waals surface area contributed by atoms with Gasteiger partial charge in [-0.05, 0) is 119 Å². The van der Waals surface area contributed by atoms with Gasteiger partial charge >= 0.3 is 0 Å². The van der Waals surface area contributed by atoms with Gasteiger partial charge in [-0.3, -0.25) is 0 Å². The third-order valence-electron chi connectivity index (χ3n) is 10.9. The van der Waals surface area contributed by atoms with Crippen molar-refractivity contribution in [3.8, 4) is 27.9 Å². The molecule has 2 heteroatoms. The summed E-state index contributed by atoms with van der Waals surface area (Å²) < 4.78 is 2.37. The summed E-state index contributed by atoms with van der Waals surface area (Å²) in [5, 5.41) is 14.5. The van der Waals surface area contributed by atoms with E-state index in [0.29, 0.717) is 5.69 Å². The van der Waals surface area contributed by atoms with E-state index in [-0.39, 0.29) is 0 Å². The summed E-state index contributed by atoms with van der Waals surface area (Å²) in [7, 11) is 0. The standard InChI is InChI=1S/C49H28N2/c1-50-45-24-25-46-49-40(45)23-22-31-26-32(27-47(48(31)49)51(46)33-14-3-2-4-15-33)41-28-43-39-20-10-9-19-38(39)42(29-44(43)37-18-8-7-17-36(37)41)35-21-11-13-30-12-5-6-16-34(30)35/h2-29H. The van der Waals surface area contributed by atoms with Crippen LogP contribution in [0, 0.1) is 6.57 Å². The van der Waals surface area contributed by atoms with Crippen LogP contribution < -0.4 is 0 Å². The highest BCUT2D eigenvalue weighted by molar-refractivity contribution is 6.29. The lowest BCUT2D eigenvalue weighted by atomic mass is 9.86. The summed E-state index contributed by atoms with van der Waals surface area (Å²) in [5.41, 5.74) is 8.97. The predicted octanol–water partition coefficient (Wildman–Crippen LogP) is 13.9. The number of para-hydroxylation sites is 1. The number of rotatable bonds is 3. The van der Waals surface area contributed by atoms with Crippen LogP contribution in [0.1, 0.15) is 0 Å². The van der Waals surface area contributed by atoms with E-state index < -0.39 is 0 Å². The molecule has 1 aromatic heterocycles. The van der Waals surface area contributed by atoms with E-state index in [1.165, 1.54) is 76.1 Å². The van der Waals surface area contributed by atoms with Crippen LogP contribution in [0.5, 0.6) is 0 Å². The zero-order chi connectivity index (χ0) is 33.6. The molecule has 0 spiro atoms. The predicted molar refractivity (Wildman–Crippen MR) is 217 cm³/mol. The van der Waals surface area contributed by atoms with E-state index in [1.54, 1.807) is 0 Å². The minimum absolute atomic E-state index is 0.691. The number of hydrogen-bond donors (Lipinski definition) is 0. The summed E-state index contributed by atoms with van der Waals surface area (Å²) in [6, 6.07) is 61.7. The first kappa shape index (κ1) is 27.9. The van der Waals surface area contributed by atoms with E-state index in [9.17, 15) is 0 Å². The smallest absolute Gasteiger partial charge is 0.195 e. The Morgan fingerprint density at radius 3 is 1.78 bits per heavy atom. The Hall–Kier alpha value is -6.95. The lowest BCUT2D eigenvalue weighted by Crippen LogP contribution is -1.94. The second-order valence-corrected chi connectivity index (χ2v) is 13.5. The lowest BCUT2D eigenvalue weighted by molar-refractivity contribution is 1.18. The van der Waals surface area contributed by atoms with Crippen LogP contribution in [0.2, 0.25) is 0 Å². The maximum Gasteiger partial charge on any atom is 0.195 e. The summed E-state index contributed by atoms with van der Waals surface area (Å²) in [6.07, 6.45) is 0. The number of nitrogens with zero attached hydrogens (tertiary/aromatic N) is 2. The average molecular weight is 645 g/mol. The lowest BCUT2D eigenvalue weighted by Gasteiger charge is -2.17. The summed E-state index contributed by atoms with van der Waals surface area (Å²) in [5.74, 6) is 0. The number of hydrogen-bond acceptors (Lipinski definition) is 0. The zero-order valence-electron chi connectivity index (χ0n) is 27.6. The van der Waals surface area contributed by atoms with Crippen LogP contribution >= 0.6 is 0 Å². The minimum Gasteiger partial charge on any atom is -0.309 e. The van der Waals surface area contributed by atoms with Crippen molar-refractivity contribution in [2.45, 2.75) is 0 Å². The van der Waals surface area contributed by atoms with Crippen molar-refractivity contribution in [2.24, 2.45) is 0 Å². The molecule has 0 N–H and O–H groups in total. The Bertz CT molecular complexity index is 3240. The van der Waals surface area contributed by atoms with Gasteiger partial charge in [-0.25, -0.2) is 4.85 Å². The fourth-order valence-corrected chi connectivity index (χ4v) is 8.73. The zero-order valence-corrected chi connectivity index (χ0v) is 27.6. The molecule has 0 aliphatic heterocycles. The van der Waals surface area contributed by atoms with Crippen LogP contribution in [0.4, 0.5) is 5.69 Å². The van der Waals surface area contributed by atoms with Crippen molar-refractivity contribution in [1.82, 2.24) is 4.57 Å². The van der Waals surface area contributed by atoms with Crippen molar-refractivity contribution in [3.05, 3.63) is 181 Å². The Labute approximate surface area is 294 Å². The van der Waals surface area contributed by atoms with Crippen LogP contribution in [-0.2, 0) is 0 Å². The van der Waals surface area contributed by atoms with Gasteiger partial charge in [-0.2, -0.15) is 0 Å². The van der Waals surface area contributed by atoms with E-state index in [1.807, 2.05) is 6.07 Å². The first-order valence-electron chi connectivity index (χ1n) is 17.4. The van der Waals surface area contributed by atoms with Gasteiger partial charge < -0.3 is 4.57 Å². The van der Waals surface area contributed by atoms with Crippen LogP contribution in [-0.4, -0.2) is 4.57 Å². The van der Waals surface area contributed by atoms with Crippen LogP contribution in [0.25, 0.3) is 108 Å². The molecular formula is C49H28N2. The first-order chi connectivity index (χ1) is 25.3. The fourth-order valence-electron chi connectivity index (χ4n) is 8.73. The molecule has 11 rings (SSSR count). The van der Waals surface area contributed by atoms with Crippen molar-refractivity contribution in [3.63, 3.8) is 0 Å². The number of fused-ring (bicyclic) bond motifs is 6. The molecule has 0 amide bonds. The van der Waals surface area contributed by atoms with Gasteiger partial charge in [-0.15, -0.1) is 0 Å². The van der Waals surface area contributed by atoms with E-state index in [2.05, 4.69) is 173 Å². The highest BCUT2D eigenvalue weighted by Gasteiger charge is 2.21. The molecule has 0 aliphatic rings. The fraction of sp³-hybridized carbons (Fsp3) is 0. The summed E-state index contributed by atoms with van der Waals surface area (Å²) in [6.45, 7) is 7.89. The van der Waals surface area contributed by atoms with Gasteiger partial charge in [0.2, 0.25) is 0 Å². The van der Waals surface area contributed by atoms with Gasteiger partial charge in [0, 0.05) is 16.5 Å². The van der Waals surface area contributed by atoms with Gasteiger partial charge in [-0.1, -0.05) is 127 Å². The molecule has 10 aromatic carbocycles. The van der Waals surface area contributed by atoms with Crippen LogP contribution in [0.15, 0.2) is 170 Å². The Morgan fingerprint density at radius 2 is 1.02 bits per heavy atom. The van der Waals surface area contributed by atoms with Crippen LogP contribution in [0.3, 0.4) is 0 Å². The molecule has 2 nitrogen and oxygen atoms in total. The Balaban J connectivity index is 1.26. The molecule has 11 aromatic rings. The van der Waals surface area contributed by atoms with Crippen molar-refractivity contribution in [2.75, 3.05) is 0 Å². The summed E-state index contributed by atoms with van der Waals surface area (Å²) >= 11 is 0.